The molecule has 0 atom stereocenters. The summed E-state index contributed by atoms with van der Waals surface area (Å²) in [7, 11) is 0. The van der Waals surface area contributed by atoms with Gasteiger partial charge in [0.15, 0.2) is 0 Å². The minimum atomic E-state index is -4.34. The van der Waals surface area contributed by atoms with Crippen LogP contribution in [0.25, 0.3) is 0 Å². The van der Waals surface area contributed by atoms with Crippen LogP contribution in [-0.2, 0) is 4.79 Å². The molecule has 0 aliphatic carbocycles. The summed E-state index contributed by atoms with van der Waals surface area (Å²) in [5.74, 6) is -0.264. The lowest BCUT2D eigenvalue weighted by Gasteiger charge is -2.31. The summed E-state index contributed by atoms with van der Waals surface area (Å²) in [5, 5.41) is 2.87. The van der Waals surface area contributed by atoms with Gasteiger partial charge in [0.1, 0.15) is 0 Å². The van der Waals surface area contributed by atoms with Crippen LogP contribution in [0.2, 0.25) is 0 Å². The van der Waals surface area contributed by atoms with Gasteiger partial charge in [-0.05, 0) is 55.3 Å². The molecular weight excluding hydrogens is 353 g/mol. The van der Waals surface area contributed by atoms with Gasteiger partial charge in [-0.1, -0.05) is 6.92 Å². The zero-order chi connectivity index (χ0) is 18.4. The number of benzene rings is 1. The predicted octanol–water partition coefficient (Wildman–Crippen LogP) is 3.68. The summed E-state index contributed by atoms with van der Waals surface area (Å²) in [5.41, 5.74) is -3.98. The van der Waals surface area contributed by atoms with E-state index in [1.165, 1.54) is 24.3 Å². The van der Waals surface area contributed by atoms with Crippen LogP contribution >= 0.6 is 11.8 Å². The fourth-order valence-corrected chi connectivity index (χ4v) is 3.26. The van der Waals surface area contributed by atoms with E-state index < -0.39 is 5.51 Å². The molecule has 0 radical (unpaired) electrons. The monoisotopic (exact) mass is 374 g/mol. The molecule has 1 N–H and O–H groups in total. The van der Waals surface area contributed by atoms with Crippen LogP contribution in [0.3, 0.4) is 0 Å². The van der Waals surface area contributed by atoms with E-state index in [1.807, 2.05) is 6.92 Å². The number of halogens is 3. The minimum Gasteiger partial charge on any atom is -0.356 e. The first-order valence-electron chi connectivity index (χ1n) is 8.23. The van der Waals surface area contributed by atoms with Gasteiger partial charge in [-0.2, -0.15) is 13.2 Å². The third kappa shape index (κ3) is 5.95. The van der Waals surface area contributed by atoms with Crippen molar-refractivity contribution in [1.29, 1.82) is 0 Å². The first-order chi connectivity index (χ1) is 11.8. The SMILES string of the molecule is CCCNC(=O)C1CCN(C(=O)c2ccc(SC(F)(F)F)cc2)CC1. The van der Waals surface area contributed by atoms with E-state index >= 15 is 0 Å². The Bertz CT molecular complexity index is 597. The Balaban J connectivity index is 1.89. The van der Waals surface area contributed by atoms with E-state index in [1.54, 1.807) is 4.90 Å². The first kappa shape index (κ1) is 19.6. The Labute approximate surface area is 149 Å². The summed E-state index contributed by atoms with van der Waals surface area (Å²) in [6.45, 7) is 3.59. The number of likely N-dealkylation sites (tertiary alicyclic amines) is 1. The van der Waals surface area contributed by atoms with Crippen molar-refractivity contribution in [3.05, 3.63) is 29.8 Å². The number of carbonyl (C=O) groups excluding carboxylic acids is 2. The van der Waals surface area contributed by atoms with Crippen molar-refractivity contribution in [2.45, 2.75) is 36.6 Å². The molecule has 1 aliphatic rings. The highest BCUT2D eigenvalue weighted by molar-refractivity contribution is 8.00. The zero-order valence-corrected chi connectivity index (χ0v) is 14.8. The van der Waals surface area contributed by atoms with Crippen LogP contribution in [0.4, 0.5) is 13.2 Å². The second-order valence-electron chi connectivity index (χ2n) is 5.93. The molecular formula is C17H21F3N2O2S. The highest BCUT2D eigenvalue weighted by Gasteiger charge is 2.30. The number of hydrogen-bond donors (Lipinski definition) is 1. The van der Waals surface area contributed by atoms with Gasteiger partial charge in [-0.3, -0.25) is 9.59 Å². The van der Waals surface area contributed by atoms with Gasteiger partial charge >= 0.3 is 5.51 Å². The van der Waals surface area contributed by atoms with E-state index in [2.05, 4.69) is 5.32 Å². The van der Waals surface area contributed by atoms with E-state index in [0.29, 0.717) is 38.0 Å². The van der Waals surface area contributed by atoms with Gasteiger partial charge in [-0.15, -0.1) is 0 Å². The maximum Gasteiger partial charge on any atom is 0.446 e. The molecule has 1 aliphatic heterocycles. The van der Waals surface area contributed by atoms with Crippen molar-refractivity contribution in [3.8, 4) is 0 Å². The molecule has 0 aromatic heterocycles. The maximum absolute atomic E-state index is 12.4. The predicted molar refractivity (Wildman–Crippen MR) is 90.3 cm³/mol. The number of nitrogens with zero attached hydrogens (tertiary/aromatic N) is 1. The van der Waals surface area contributed by atoms with Crippen molar-refractivity contribution >= 4 is 23.6 Å². The van der Waals surface area contributed by atoms with Gasteiger partial charge in [0, 0.05) is 36.0 Å². The Hall–Kier alpha value is -1.70. The summed E-state index contributed by atoms with van der Waals surface area (Å²) >= 11 is -0.203. The molecule has 2 rings (SSSR count). The number of alkyl halides is 3. The maximum atomic E-state index is 12.4. The van der Waals surface area contributed by atoms with E-state index in [9.17, 15) is 22.8 Å². The fraction of sp³-hybridized carbons (Fsp3) is 0.529. The number of piperidine rings is 1. The molecule has 1 aromatic rings. The largest absolute Gasteiger partial charge is 0.446 e. The molecule has 8 heteroatoms. The standard InChI is InChI=1S/C17H21F3N2O2S/c1-2-9-21-15(23)12-7-10-22(11-8-12)16(24)13-3-5-14(6-4-13)25-17(18,19)20/h3-6,12H,2,7-11H2,1H3,(H,21,23). The van der Waals surface area contributed by atoms with Crippen molar-refractivity contribution in [3.63, 3.8) is 0 Å². The van der Waals surface area contributed by atoms with Crippen LogP contribution in [0.1, 0.15) is 36.5 Å². The average molecular weight is 374 g/mol. The zero-order valence-electron chi connectivity index (χ0n) is 13.9. The minimum absolute atomic E-state index is 0.0301. The summed E-state index contributed by atoms with van der Waals surface area (Å²) in [4.78, 5) is 26.1. The lowest BCUT2D eigenvalue weighted by molar-refractivity contribution is -0.126. The normalized spacial score (nSPS) is 15.9. The Morgan fingerprint density at radius 3 is 2.32 bits per heavy atom. The molecule has 138 valence electrons. The Kier molecular flexibility index (Phi) is 6.75. The van der Waals surface area contributed by atoms with Crippen molar-refractivity contribution < 1.29 is 22.8 Å². The summed E-state index contributed by atoms with van der Waals surface area (Å²) in [6, 6.07) is 5.43. The van der Waals surface area contributed by atoms with E-state index in [0.717, 1.165) is 6.42 Å². The van der Waals surface area contributed by atoms with Crippen LogP contribution in [0.5, 0.6) is 0 Å². The van der Waals surface area contributed by atoms with Crippen molar-refractivity contribution in [1.82, 2.24) is 10.2 Å². The molecule has 1 saturated heterocycles. The number of hydrogen-bond acceptors (Lipinski definition) is 3. The molecule has 0 saturated carbocycles. The quantitative estimate of drug-likeness (QED) is 0.800. The van der Waals surface area contributed by atoms with Crippen LogP contribution in [0.15, 0.2) is 29.2 Å². The summed E-state index contributed by atoms with van der Waals surface area (Å²) < 4.78 is 37.0. The van der Waals surface area contributed by atoms with Crippen LogP contribution in [-0.4, -0.2) is 41.9 Å². The summed E-state index contributed by atoms with van der Waals surface area (Å²) in [6.07, 6.45) is 2.08. The fourth-order valence-electron chi connectivity index (χ4n) is 2.72. The number of rotatable bonds is 5. The number of carbonyl (C=O) groups is 2. The molecule has 4 nitrogen and oxygen atoms in total. The van der Waals surface area contributed by atoms with Gasteiger partial charge in [-0.25, -0.2) is 0 Å². The smallest absolute Gasteiger partial charge is 0.356 e. The second kappa shape index (κ2) is 8.60. The Morgan fingerprint density at radius 2 is 1.80 bits per heavy atom. The number of amides is 2. The molecule has 0 spiro atoms. The van der Waals surface area contributed by atoms with Crippen molar-refractivity contribution in [2.24, 2.45) is 5.92 Å². The molecule has 25 heavy (non-hydrogen) atoms. The van der Waals surface area contributed by atoms with Gasteiger partial charge in [0.25, 0.3) is 5.91 Å². The Morgan fingerprint density at radius 1 is 1.20 bits per heavy atom. The topological polar surface area (TPSA) is 49.4 Å². The first-order valence-corrected chi connectivity index (χ1v) is 9.04. The molecule has 1 heterocycles. The van der Waals surface area contributed by atoms with Crippen LogP contribution < -0.4 is 5.32 Å². The average Bonchev–Trinajstić information content (AvgIpc) is 2.58. The second-order valence-corrected chi connectivity index (χ2v) is 7.07. The van der Waals surface area contributed by atoms with Gasteiger partial charge < -0.3 is 10.2 Å². The van der Waals surface area contributed by atoms with E-state index in [-0.39, 0.29) is 34.4 Å². The number of nitrogens with one attached hydrogen (secondary N) is 1. The van der Waals surface area contributed by atoms with Gasteiger partial charge in [0.2, 0.25) is 5.91 Å². The highest BCUT2D eigenvalue weighted by atomic mass is 32.2. The molecule has 1 fully saturated rings. The lowest BCUT2D eigenvalue weighted by atomic mass is 9.95. The third-order valence-electron chi connectivity index (χ3n) is 4.04. The lowest BCUT2D eigenvalue weighted by Crippen LogP contribution is -2.43. The van der Waals surface area contributed by atoms with Crippen molar-refractivity contribution in [2.75, 3.05) is 19.6 Å². The highest BCUT2D eigenvalue weighted by Crippen LogP contribution is 2.36. The third-order valence-corrected chi connectivity index (χ3v) is 4.78. The molecule has 2 amide bonds. The number of thioether (sulfide) groups is 1. The molecule has 1 aromatic carbocycles. The van der Waals surface area contributed by atoms with Gasteiger partial charge in [0.05, 0.1) is 0 Å². The molecule has 0 bridgehead atoms. The van der Waals surface area contributed by atoms with E-state index in [4.69, 9.17) is 0 Å². The van der Waals surface area contributed by atoms with Crippen LogP contribution in [0, 0.1) is 5.92 Å². The molecule has 0 unspecified atom stereocenters.